The summed E-state index contributed by atoms with van der Waals surface area (Å²) in [6.45, 7) is 3.79. The van der Waals surface area contributed by atoms with E-state index in [1.165, 1.54) is 0 Å². The van der Waals surface area contributed by atoms with Crippen LogP contribution in [0.1, 0.15) is 31.0 Å². The number of nitriles is 1. The molecule has 124 valence electrons. The van der Waals surface area contributed by atoms with E-state index in [9.17, 15) is 4.79 Å². The fourth-order valence-corrected chi connectivity index (χ4v) is 2.48. The summed E-state index contributed by atoms with van der Waals surface area (Å²) < 4.78 is 5.36. The van der Waals surface area contributed by atoms with E-state index in [1.54, 1.807) is 38.3 Å². The van der Waals surface area contributed by atoms with E-state index in [0.29, 0.717) is 11.3 Å². The molecule has 0 aromatic heterocycles. The number of nitrogens with one attached hydrogen (secondary N) is 2. The molecule has 0 saturated carbocycles. The number of carbonyl (C=O) groups is 1. The molecule has 2 rings (SSSR count). The zero-order valence-electron chi connectivity index (χ0n) is 14.0. The van der Waals surface area contributed by atoms with E-state index < -0.39 is 6.04 Å². The summed E-state index contributed by atoms with van der Waals surface area (Å²) in [5.74, 6) is 0.624. The minimum absolute atomic E-state index is 0.0488. The minimum atomic E-state index is -0.407. The smallest absolute Gasteiger partial charge is 0.241 e. The summed E-state index contributed by atoms with van der Waals surface area (Å²) in [6.07, 6.45) is 0. The van der Waals surface area contributed by atoms with E-state index in [0.717, 1.165) is 11.3 Å². The first-order valence-electron chi connectivity index (χ1n) is 7.75. The van der Waals surface area contributed by atoms with Crippen molar-refractivity contribution in [2.75, 3.05) is 12.4 Å². The fraction of sp³-hybridized carbons (Fsp3) is 0.263. The summed E-state index contributed by atoms with van der Waals surface area (Å²) in [5.41, 5.74) is 2.11. The third-order valence-electron chi connectivity index (χ3n) is 3.76. The van der Waals surface area contributed by atoms with Crippen molar-refractivity contribution in [2.24, 2.45) is 0 Å². The average Bonchev–Trinajstić information content (AvgIpc) is 2.61. The first-order chi connectivity index (χ1) is 11.5. The van der Waals surface area contributed by atoms with Gasteiger partial charge in [0.25, 0.3) is 0 Å². The number of para-hydroxylation sites is 1. The van der Waals surface area contributed by atoms with Crippen molar-refractivity contribution < 1.29 is 9.53 Å². The summed E-state index contributed by atoms with van der Waals surface area (Å²) >= 11 is 0. The number of anilines is 1. The molecule has 2 N–H and O–H groups in total. The summed E-state index contributed by atoms with van der Waals surface area (Å²) in [5, 5.41) is 15.0. The van der Waals surface area contributed by atoms with E-state index in [4.69, 9.17) is 10.00 Å². The molecule has 0 fully saturated rings. The van der Waals surface area contributed by atoms with Crippen molar-refractivity contribution in [3.8, 4) is 11.8 Å². The second-order valence-corrected chi connectivity index (χ2v) is 5.53. The van der Waals surface area contributed by atoms with Crippen molar-refractivity contribution in [3.05, 3.63) is 59.7 Å². The largest absolute Gasteiger partial charge is 0.496 e. The molecular formula is C19H21N3O2. The van der Waals surface area contributed by atoms with E-state index in [-0.39, 0.29) is 11.9 Å². The Morgan fingerprint density at radius 2 is 1.92 bits per heavy atom. The highest BCUT2D eigenvalue weighted by Crippen LogP contribution is 2.24. The van der Waals surface area contributed by atoms with Gasteiger partial charge in [-0.1, -0.05) is 24.3 Å². The molecule has 0 saturated heterocycles. The van der Waals surface area contributed by atoms with Crippen molar-refractivity contribution >= 4 is 11.6 Å². The van der Waals surface area contributed by atoms with Gasteiger partial charge in [0.05, 0.1) is 24.8 Å². The number of nitrogens with zero attached hydrogens (tertiary/aromatic N) is 1. The van der Waals surface area contributed by atoms with E-state index >= 15 is 0 Å². The zero-order chi connectivity index (χ0) is 17.5. The molecule has 5 nitrogen and oxygen atoms in total. The monoisotopic (exact) mass is 323 g/mol. The van der Waals surface area contributed by atoms with E-state index in [1.807, 2.05) is 31.2 Å². The van der Waals surface area contributed by atoms with Crippen LogP contribution in [0.3, 0.4) is 0 Å². The van der Waals surface area contributed by atoms with Gasteiger partial charge in [0.15, 0.2) is 0 Å². The van der Waals surface area contributed by atoms with Gasteiger partial charge >= 0.3 is 0 Å². The molecule has 24 heavy (non-hydrogen) atoms. The summed E-state index contributed by atoms with van der Waals surface area (Å²) in [6, 6.07) is 16.2. The lowest BCUT2D eigenvalue weighted by Crippen LogP contribution is -2.39. The Morgan fingerprint density at radius 3 is 2.62 bits per heavy atom. The first kappa shape index (κ1) is 17.5. The molecular weight excluding hydrogens is 302 g/mol. The van der Waals surface area contributed by atoms with Crippen LogP contribution in [0.4, 0.5) is 5.69 Å². The maximum Gasteiger partial charge on any atom is 0.241 e. The van der Waals surface area contributed by atoms with Crippen LogP contribution in [-0.4, -0.2) is 19.1 Å². The van der Waals surface area contributed by atoms with Gasteiger partial charge in [-0.2, -0.15) is 5.26 Å². The Balaban J connectivity index is 2.01. The predicted molar refractivity (Wildman–Crippen MR) is 93.8 cm³/mol. The number of amides is 1. The van der Waals surface area contributed by atoms with Gasteiger partial charge in [0, 0.05) is 17.3 Å². The Bertz CT molecular complexity index is 752. The van der Waals surface area contributed by atoms with Crippen LogP contribution in [-0.2, 0) is 4.79 Å². The molecule has 2 aromatic rings. The molecule has 0 aliphatic carbocycles. The number of hydrogen-bond acceptors (Lipinski definition) is 4. The van der Waals surface area contributed by atoms with Gasteiger partial charge in [0.2, 0.25) is 5.91 Å². The molecule has 0 radical (unpaired) electrons. The Hall–Kier alpha value is -2.84. The molecule has 0 bridgehead atoms. The summed E-state index contributed by atoms with van der Waals surface area (Å²) in [7, 11) is 1.63. The lowest BCUT2D eigenvalue weighted by molar-refractivity contribution is -0.117. The van der Waals surface area contributed by atoms with Gasteiger partial charge in [-0.3, -0.25) is 10.1 Å². The quantitative estimate of drug-likeness (QED) is 0.856. The third kappa shape index (κ3) is 4.34. The molecule has 5 heteroatoms. The van der Waals surface area contributed by atoms with Crippen LogP contribution in [0.2, 0.25) is 0 Å². The maximum absolute atomic E-state index is 12.3. The lowest BCUT2D eigenvalue weighted by atomic mass is 10.1. The molecule has 2 aromatic carbocycles. The zero-order valence-corrected chi connectivity index (χ0v) is 14.0. The Morgan fingerprint density at radius 1 is 1.17 bits per heavy atom. The van der Waals surface area contributed by atoms with Crippen LogP contribution in [0, 0.1) is 11.3 Å². The fourth-order valence-electron chi connectivity index (χ4n) is 2.48. The standard InChI is InChI=1S/C19H21N3O2/c1-13(17-9-4-5-10-18(17)24-3)21-14(2)19(23)22-16-8-6-7-15(11-16)12-20/h4-11,13-14,21H,1-3H3,(H,22,23)/t13-,14+/m1/s1. The second-order valence-electron chi connectivity index (χ2n) is 5.53. The van der Waals surface area contributed by atoms with Crippen LogP contribution in [0.15, 0.2) is 48.5 Å². The van der Waals surface area contributed by atoms with Gasteiger partial charge < -0.3 is 10.1 Å². The van der Waals surface area contributed by atoms with Crippen LogP contribution in [0.25, 0.3) is 0 Å². The number of ether oxygens (including phenoxy) is 1. The van der Waals surface area contributed by atoms with Crippen molar-refractivity contribution in [2.45, 2.75) is 25.9 Å². The number of carbonyl (C=O) groups excluding carboxylic acids is 1. The highest BCUT2D eigenvalue weighted by atomic mass is 16.5. The van der Waals surface area contributed by atoms with E-state index in [2.05, 4.69) is 16.7 Å². The van der Waals surface area contributed by atoms with Crippen LogP contribution in [0.5, 0.6) is 5.75 Å². The first-order valence-corrected chi connectivity index (χ1v) is 7.75. The predicted octanol–water partition coefficient (Wildman–Crippen LogP) is 3.24. The molecule has 0 heterocycles. The molecule has 1 amide bonds. The molecule has 0 aliphatic rings. The normalized spacial score (nSPS) is 12.8. The SMILES string of the molecule is COc1ccccc1[C@@H](C)N[C@@H](C)C(=O)Nc1cccc(C#N)c1. The highest BCUT2D eigenvalue weighted by Gasteiger charge is 2.18. The highest BCUT2D eigenvalue weighted by molar-refractivity contribution is 5.94. The van der Waals surface area contributed by atoms with Gasteiger partial charge in [-0.05, 0) is 38.1 Å². The van der Waals surface area contributed by atoms with Crippen molar-refractivity contribution in [1.29, 1.82) is 5.26 Å². The lowest BCUT2D eigenvalue weighted by Gasteiger charge is -2.21. The third-order valence-corrected chi connectivity index (χ3v) is 3.76. The number of rotatable bonds is 6. The van der Waals surface area contributed by atoms with Gasteiger partial charge in [-0.25, -0.2) is 0 Å². The number of benzene rings is 2. The van der Waals surface area contributed by atoms with Crippen LogP contribution >= 0.6 is 0 Å². The topological polar surface area (TPSA) is 74.2 Å². The van der Waals surface area contributed by atoms with Crippen molar-refractivity contribution in [1.82, 2.24) is 5.32 Å². The van der Waals surface area contributed by atoms with Gasteiger partial charge in [-0.15, -0.1) is 0 Å². The second kappa shape index (κ2) is 8.14. The van der Waals surface area contributed by atoms with Gasteiger partial charge in [0.1, 0.15) is 5.75 Å². The molecule has 0 spiro atoms. The maximum atomic E-state index is 12.3. The minimum Gasteiger partial charge on any atom is -0.496 e. The number of hydrogen-bond donors (Lipinski definition) is 2. The van der Waals surface area contributed by atoms with Crippen LogP contribution < -0.4 is 15.4 Å². The molecule has 2 atom stereocenters. The Kier molecular flexibility index (Phi) is 5.94. The van der Waals surface area contributed by atoms with Crippen molar-refractivity contribution in [3.63, 3.8) is 0 Å². The average molecular weight is 323 g/mol. The number of methoxy groups -OCH3 is 1. The Labute approximate surface area is 142 Å². The molecule has 0 unspecified atom stereocenters. The molecule has 0 aliphatic heterocycles. The summed E-state index contributed by atoms with van der Waals surface area (Å²) in [4.78, 5) is 12.3.